The molecule has 8 nitrogen and oxygen atoms in total. The van der Waals surface area contributed by atoms with Gasteiger partial charge in [-0.2, -0.15) is 10.2 Å². The summed E-state index contributed by atoms with van der Waals surface area (Å²) in [4.78, 5) is 18.1. The number of fused-ring (bicyclic) bond motifs is 1. The van der Waals surface area contributed by atoms with Gasteiger partial charge in [0.2, 0.25) is 0 Å². The summed E-state index contributed by atoms with van der Waals surface area (Å²) in [6.07, 6.45) is 10.6. The first kappa shape index (κ1) is 18.8. The van der Waals surface area contributed by atoms with E-state index in [0.29, 0.717) is 18.8 Å². The van der Waals surface area contributed by atoms with Crippen LogP contribution in [0.2, 0.25) is 0 Å². The van der Waals surface area contributed by atoms with E-state index in [1.54, 1.807) is 4.68 Å². The Hall–Kier alpha value is -2.19. The number of hydrogen-bond donors (Lipinski definition) is 1. The Bertz CT molecular complexity index is 868. The van der Waals surface area contributed by atoms with Crippen LogP contribution in [0.1, 0.15) is 59.0 Å². The van der Waals surface area contributed by atoms with E-state index in [9.17, 15) is 4.79 Å². The molecule has 2 aromatic rings. The van der Waals surface area contributed by atoms with Crippen LogP contribution in [0.3, 0.4) is 0 Å². The fraction of sp³-hybridized carbons (Fsp3) is 0.667. The zero-order chi connectivity index (χ0) is 19.8. The highest BCUT2D eigenvalue weighted by Gasteiger charge is 2.40. The lowest BCUT2D eigenvalue weighted by Gasteiger charge is -2.43. The minimum Gasteiger partial charge on any atom is -0.373 e. The van der Waals surface area contributed by atoms with Crippen LogP contribution in [-0.2, 0) is 24.6 Å². The van der Waals surface area contributed by atoms with Crippen LogP contribution in [0.25, 0.3) is 0 Å². The van der Waals surface area contributed by atoms with Crippen molar-refractivity contribution >= 4 is 5.91 Å². The second kappa shape index (κ2) is 7.91. The summed E-state index contributed by atoms with van der Waals surface area (Å²) in [5, 5.41) is 11.9. The number of carbonyl (C=O) groups excluding carboxylic acids is 1. The molecule has 2 fully saturated rings. The van der Waals surface area contributed by atoms with Gasteiger partial charge in [0.05, 0.1) is 24.9 Å². The lowest BCUT2D eigenvalue weighted by atomic mass is 9.98. The molecule has 0 spiro atoms. The van der Waals surface area contributed by atoms with E-state index in [1.165, 1.54) is 19.3 Å². The molecule has 2 atom stereocenters. The first-order chi connectivity index (χ1) is 14.2. The number of nitrogens with zero attached hydrogens (tertiary/aromatic N) is 5. The second-order valence-corrected chi connectivity index (χ2v) is 8.54. The van der Waals surface area contributed by atoms with Crippen molar-refractivity contribution in [3.8, 4) is 0 Å². The number of aryl methyl sites for hydroxylation is 2. The Morgan fingerprint density at radius 3 is 2.86 bits per heavy atom. The largest absolute Gasteiger partial charge is 0.373 e. The Labute approximate surface area is 171 Å². The van der Waals surface area contributed by atoms with Crippen LogP contribution in [-0.4, -0.2) is 74.6 Å². The highest BCUT2D eigenvalue weighted by atomic mass is 16.5. The maximum atomic E-state index is 13.6. The number of amides is 1. The number of H-pyrrole nitrogens is 1. The fourth-order valence-corrected chi connectivity index (χ4v) is 5.13. The van der Waals surface area contributed by atoms with Crippen molar-refractivity contribution in [1.29, 1.82) is 0 Å². The summed E-state index contributed by atoms with van der Waals surface area (Å²) in [6, 6.07) is -0.138. The number of likely N-dealkylation sites (tertiary alicyclic amines) is 1. The topological polar surface area (TPSA) is 79.3 Å². The van der Waals surface area contributed by atoms with Gasteiger partial charge in [0.1, 0.15) is 0 Å². The van der Waals surface area contributed by atoms with Crippen molar-refractivity contribution in [3.05, 3.63) is 34.9 Å². The molecule has 8 heteroatoms. The highest BCUT2D eigenvalue weighted by molar-refractivity contribution is 5.94. The van der Waals surface area contributed by atoms with E-state index in [2.05, 4.69) is 20.2 Å². The predicted molar refractivity (Wildman–Crippen MR) is 108 cm³/mol. The molecule has 4 heterocycles. The number of rotatable bonds is 4. The molecule has 1 amide bonds. The molecule has 3 aliphatic rings. The van der Waals surface area contributed by atoms with Crippen LogP contribution in [0.15, 0.2) is 12.4 Å². The number of ether oxygens (including phenoxy) is 1. The molecule has 0 saturated carbocycles. The van der Waals surface area contributed by atoms with Gasteiger partial charge in [0.25, 0.3) is 5.91 Å². The summed E-state index contributed by atoms with van der Waals surface area (Å²) < 4.78 is 8.05. The number of piperidine rings is 1. The van der Waals surface area contributed by atoms with E-state index in [1.807, 2.05) is 24.3 Å². The molecule has 0 unspecified atom stereocenters. The van der Waals surface area contributed by atoms with E-state index in [4.69, 9.17) is 4.74 Å². The summed E-state index contributed by atoms with van der Waals surface area (Å²) in [7, 11) is 1.92. The molecule has 29 heavy (non-hydrogen) atoms. The SMILES string of the molecule is Cn1cc([C@H]2[C@H](CN3CCCCC3)OCCN2C(=O)c2n[nH]c3c2CCC3)cn1. The minimum absolute atomic E-state index is 0.0187. The number of morpholine rings is 1. The maximum Gasteiger partial charge on any atom is 0.275 e. The average molecular weight is 399 g/mol. The molecule has 0 bridgehead atoms. The molecular weight excluding hydrogens is 368 g/mol. The normalized spacial score (nSPS) is 25.3. The van der Waals surface area contributed by atoms with Crippen molar-refractivity contribution in [2.45, 2.75) is 50.7 Å². The quantitative estimate of drug-likeness (QED) is 0.848. The Morgan fingerprint density at radius 2 is 2.07 bits per heavy atom. The van der Waals surface area contributed by atoms with Gasteiger partial charge in [-0.15, -0.1) is 0 Å². The molecule has 1 N–H and O–H groups in total. The lowest BCUT2D eigenvalue weighted by molar-refractivity contribution is -0.0743. The Kier molecular flexibility index (Phi) is 5.13. The molecule has 2 aromatic heterocycles. The molecule has 0 aromatic carbocycles. The van der Waals surface area contributed by atoms with Crippen molar-refractivity contribution in [2.75, 3.05) is 32.8 Å². The van der Waals surface area contributed by atoms with Gasteiger partial charge in [-0.25, -0.2) is 0 Å². The van der Waals surface area contributed by atoms with Crippen LogP contribution in [0.5, 0.6) is 0 Å². The van der Waals surface area contributed by atoms with Gasteiger partial charge in [-0.3, -0.25) is 14.6 Å². The standard InChI is InChI=1S/C21H30N6O2/c1-25-13-15(12-22-25)20-18(14-26-8-3-2-4-9-26)29-11-10-27(20)21(28)19-16-6-5-7-17(16)23-24-19/h12-13,18,20H,2-11,14H2,1H3,(H,23,24)/t18-,20-/m0/s1. The monoisotopic (exact) mass is 398 g/mol. The third-order valence-electron chi connectivity index (χ3n) is 6.58. The zero-order valence-corrected chi connectivity index (χ0v) is 17.1. The molecule has 2 saturated heterocycles. The van der Waals surface area contributed by atoms with Crippen LogP contribution < -0.4 is 0 Å². The summed E-state index contributed by atoms with van der Waals surface area (Å²) in [5.41, 5.74) is 3.88. The van der Waals surface area contributed by atoms with Gasteiger partial charge >= 0.3 is 0 Å². The van der Waals surface area contributed by atoms with Gasteiger partial charge in [-0.05, 0) is 45.2 Å². The van der Waals surface area contributed by atoms with Crippen molar-refractivity contribution < 1.29 is 9.53 Å². The Balaban J connectivity index is 1.44. The summed E-state index contributed by atoms with van der Waals surface area (Å²) in [6.45, 7) is 4.22. The summed E-state index contributed by atoms with van der Waals surface area (Å²) >= 11 is 0. The Morgan fingerprint density at radius 1 is 1.21 bits per heavy atom. The summed E-state index contributed by atoms with van der Waals surface area (Å²) in [5.74, 6) is 0.0187. The fourth-order valence-electron chi connectivity index (χ4n) is 5.13. The van der Waals surface area contributed by atoms with Crippen molar-refractivity contribution in [2.24, 2.45) is 7.05 Å². The zero-order valence-electron chi connectivity index (χ0n) is 17.1. The molecule has 5 rings (SSSR count). The van der Waals surface area contributed by atoms with Gasteiger partial charge in [0.15, 0.2) is 5.69 Å². The third-order valence-corrected chi connectivity index (χ3v) is 6.58. The predicted octanol–water partition coefficient (Wildman–Crippen LogP) is 1.70. The minimum atomic E-state index is -0.138. The number of carbonyl (C=O) groups is 1. The average Bonchev–Trinajstić information content (AvgIpc) is 3.45. The van der Waals surface area contributed by atoms with E-state index < -0.39 is 0 Å². The van der Waals surface area contributed by atoms with Crippen molar-refractivity contribution in [1.82, 2.24) is 29.8 Å². The highest BCUT2D eigenvalue weighted by Crippen LogP contribution is 2.33. The van der Waals surface area contributed by atoms with Crippen LogP contribution in [0.4, 0.5) is 0 Å². The molecule has 0 radical (unpaired) electrons. The van der Waals surface area contributed by atoms with Crippen molar-refractivity contribution in [3.63, 3.8) is 0 Å². The van der Waals surface area contributed by atoms with Crippen LogP contribution in [0, 0.1) is 0 Å². The first-order valence-electron chi connectivity index (χ1n) is 10.9. The van der Waals surface area contributed by atoms with Crippen LogP contribution >= 0.6 is 0 Å². The molecular formula is C21H30N6O2. The maximum absolute atomic E-state index is 13.6. The number of aromatic nitrogens is 4. The number of nitrogens with one attached hydrogen (secondary N) is 1. The number of aromatic amines is 1. The van der Waals surface area contributed by atoms with E-state index >= 15 is 0 Å². The van der Waals surface area contributed by atoms with Gasteiger partial charge in [-0.1, -0.05) is 6.42 Å². The smallest absolute Gasteiger partial charge is 0.275 e. The van der Waals surface area contributed by atoms with Gasteiger partial charge < -0.3 is 14.5 Å². The lowest BCUT2D eigenvalue weighted by Crippen LogP contribution is -2.52. The molecule has 2 aliphatic heterocycles. The van der Waals surface area contributed by atoms with E-state index in [-0.39, 0.29) is 18.1 Å². The van der Waals surface area contributed by atoms with Gasteiger partial charge in [0, 0.05) is 43.2 Å². The first-order valence-corrected chi connectivity index (χ1v) is 10.9. The second-order valence-electron chi connectivity index (χ2n) is 8.54. The number of hydrogen-bond acceptors (Lipinski definition) is 5. The molecule has 156 valence electrons. The molecule has 1 aliphatic carbocycles. The third kappa shape index (κ3) is 3.59. The van der Waals surface area contributed by atoms with E-state index in [0.717, 1.165) is 55.7 Å².